The fourth-order valence-corrected chi connectivity index (χ4v) is 2.86. The first-order valence-electron chi connectivity index (χ1n) is 8.53. The van der Waals surface area contributed by atoms with Gasteiger partial charge in [-0.3, -0.25) is 9.59 Å². The van der Waals surface area contributed by atoms with Crippen molar-refractivity contribution in [3.05, 3.63) is 64.4 Å². The summed E-state index contributed by atoms with van der Waals surface area (Å²) in [5.74, 6) is 0.544. The molecule has 2 aromatic carbocycles. The van der Waals surface area contributed by atoms with Crippen LogP contribution in [0.25, 0.3) is 6.08 Å². The van der Waals surface area contributed by atoms with Crippen LogP contribution in [-0.4, -0.2) is 11.8 Å². The Morgan fingerprint density at radius 2 is 1.73 bits per heavy atom. The highest BCUT2D eigenvalue weighted by atomic mass is 16.5. The maximum atomic E-state index is 12.6. The molecule has 4 nitrogen and oxygen atoms in total. The van der Waals surface area contributed by atoms with Crippen LogP contribution in [0, 0.1) is 6.92 Å². The van der Waals surface area contributed by atoms with Gasteiger partial charge in [-0.1, -0.05) is 45.0 Å². The monoisotopic (exact) mass is 350 g/mol. The molecule has 0 saturated heterocycles. The zero-order valence-corrected chi connectivity index (χ0v) is 15.7. The molecular weight excluding hydrogens is 328 g/mol. The Kier molecular flexibility index (Phi) is 4.45. The minimum absolute atomic E-state index is 0.0752. The normalized spacial score (nSPS) is 15.0. The highest BCUT2D eigenvalue weighted by Gasteiger charge is 2.30. The lowest BCUT2D eigenvalue weighted by molar-refractivity contribution is -0.131. The molecule has 0 radical (unpaired) electrons. The topological polar surface area (TPSA) is 52.6 Å². The molecule has 0 unspecified atom stereocenters. The first-order valence-corrected chi connectivity index (χ1v) is 8.53. The number of rotatable bonds is 2. The van der Waals surface area contributed by atoms with E-state index in [1.54, 1.807) is 25.1 Å². The molecule has 1 aliphatic rings. The van der Waals surface area contributed by atoms with Crippen LogP contribution in [0.4, 0.5) is 0 Å². The van der Waals surface area contributed by atoms with Crippen LogP contribution in [0.15, 0.2) is 42.2 Å². The molecule has 0 saturated carbocycles. The number of ketones is 1. The smallest absolute Gasteiger partial charge is 0.308 e. The third kappa shape index (κ3) is 3.40. The number of ether oxygens (including phenoxy) is 2. The SMILES string of the molecule is CC(=O)Oc1ccc2c(c1C)O/C(=C\c1ccc(C(C)(C)C)cc1)C2=O. The van der Waals surface area contributed by atoms with Crippen LogP contribution in [-0.2, 0) is 10.2 Å². The maximum absolute atomic E-state index is 12.6. The van der Waals surface area contributed by atoms with Crippen molar-refractivity contribution in [3.8, 4) is 11.5 Å². The van der Waals surface area contributed by atoms with Gasteiger partial charge in [0.2, 0.25) is 5.78 Å². The zero-order chi connectivity index (χ0) is 19.1. The van der Waals surface area contributed by atoms with Crippen molar-refractivity contribution in [2.45, 2.75) is 40.0 Å². The third-order valence-electron chi connectivity index (χ3n) is 4.36. The van der Waals surface area contributed by atoms with Crippen molar-refractivity contribution in [2.75, 3.05) is 0 Å². The van der Waals surface area contributed by atoms with Crippen LogP contribution in [0.5, 0.6) is 11.5 Å². The van der Waals surface area contributed by atoms with E-state index in [1.165, 1.54) is 12.5 Å². The molecule has 0 amide bonds. The minimum Gasteiger partial charge on any atom is -0.452 e. The molecule has 1 aliphatic heterocycles. The van der Waals surface area contributed by atoms with E-state index in [9.17, 15) is 9.59 Å². The number of benzene rings is 2. The summed E-state index contributed by atoms with van der Waals surface area (Å²) in [7, 11) is 0. The van der Waals surface area contributed by atoms with Gasteiger partial charge in [-0.05, 0) is 41.7 Å². The quantitative estimate of drug-likeness (QED) is 0.442. The van der Waals surface area contributed by atoms with Crippen LogP contribution in [0.1, 0.15) is 54.7 Å². The van der Waals surface area contributed by atoms with Crippen LogP contribution < -0.4 is 9.47 Å². The van der Waals surface area contributed by atoms with Gasteiger partial charge in [0.15, 0.2) is 5.76 Å². The van der Waals surface area contributed by atoms with Gasteiger partial charge in [0.25, 0.3) is 0 Å². The molecule has 0 fully saturated rings. The Morgan fingerprint density at radius 3 is 2.31 bits per heavy atom. The standard InChI is InChI=1S/C22H22O4/c1-13-18(25-14(2)23)11-10-17-20(24)19(26-21(13)17)12-15-6-8-16(9-7-15)22(3,4)5/h6-12H,1-5H3/b19-12-. The first-order chi connectivity index (χ1) is 12.2. The second kappa shape index (κ2) is 6.45. The Morgan fingerprint density at radius 1 is 1.08 bits per heavy atom. The van der Waals surface area contributed by atoms with Crippen LogP contribution in [0.2, 0.25) is 0 Å². The fraction of sp³-hybridized carbons (Fsp3) is 0.273. The Balaban J connectivity index is 1.91. The molecule has 4 heteroatoms. The van der Waals surface area contributed by atoms with Crippen molar-refractivity contribution in [1.82, 2.24) is 0 Å². The molecule has 1 heterocycles. The maximum Gasteiger partial charge on any atom is 0.308 e. The highest BCUT2D eigenvalue weighted by molar-refractivity contribution is 6.15. The third-order valence-corrected chi connectivity index (χ3v) is 4.36. The number of esters is 1. The summed E-state index contributed by atoms with van der Waals surface area (Å²) in [5.41, 5.74) is 3.32. The fourth-order valence-electron chi connectivity index (χ4n) is 2.86. The van der Waals surface area contributed by atoms with E-state index in [2.05, 4.69) is 32.9 Å². The summed E-state index contributed by atoms with van der Waals surface area (Å²) in [6, 6.07) is 11.3. The first kappa shape index (κ1) is 17.9. The van der Waals surface area contributed by atoms with E-state index < -0.39 is 5.97 Å². The second-order valence-corrected chi connectivity index (χ2v) is 7.47. The molecule has 2 aromatic rings. The minimum atomic E-state index is -0.410. The van der Waals surface area contributed by atoms with Crippen LogP contribution >= 0.6 is 0 Å². The highest BCUT2D eigenvalue weighted by Crippen LogP contribution is 2.39. The average Bonchev–Trinajstić information content (AvgIpc) is 2.87. The van der Waals surface area contributed by atoms with Crippen molar-refractivity contribution in [3.63, 3.8) is 0 Å². The van der Waals surface area contributed by atoms with E-state index in [1.807, 2.05) is 12.1 Å². The molecule has 134 valence electrons. The van der Waals surface area contributed by atoms with E-state index >= 15 is 0 Å². The van der Waals surface area contributed by atoms with E-state index in [4.69, 9.17) is 9.47 Å². The Hall–Kier alpha value is -2.88. The summed E-state index contributed by atoms with van der Waals surface area (Å²) in [6.45, 7) is 9.58. The molecule has 0 N–H and O–H groups in total. The molecule has 26 heavy (non-hydrogen) atoms. The van der Waals surface area contributed by atoms with E-state index in [0.717, 1.165) is 5.56 Å². The van der Waals surface area contributed by atoms with Gasteiger partial charge in [0.05, 0.1) is 5.56 Å². The second-order valence-electron chi connectivity index (χ2n) is 7.47. The Labute approximate surface area is 153 Å². The van der Waals surface area contributed by atoms with Gasteiger partial charge in [-0.2, -0.15) is 0 Å². The van der Waals surface area contributed by atoms with Gasteiger partial charge >= 0.3 is 5.97 Å². The van der Waals surface area contributed by atoms with Gasteiger partial charge in [-0.25, -0.2) is 0 Å². The van der Waals surface area contributed by atoms with Crippen molar-refractivity contribution >= 4 is 17.8 Å². The molecule has 3 rings (SSSR count). The Bertz CT molecular complexity index is 912. The van der Waals surface area contributed by atoms with Crippen molar-refractivity contribution in [1.29, 1.82) is 0 Å². The summed E-state index contributed by atoms with van der Waals surface area (Å²) in [5, 5.41) is 0. The summed E-state index contributed by atoms with van der Waals surface area (Å²) < 4.78 is 10.9. The van der Waals surface area contributed by atoms with Gasteiger partial charge in [0.1, 0.15) is 11.5 Å². The number of fused-ring (bicyclic) bond motifs is 1. The number of carbonyl (C=O) groups is 2. The molecule has 0 aromatic heterocycles. The largest absolute Gasteiger partial charge is 0.452 e. The molecule has 0 atom stereocenters. The lowest BCUT2D eigenvalue weighted by atomic mass is 9.86. The van der Waals surface area contributed by atoms with Crippen molar-refractivity contribution in [2.24, 2.45) is 0 Å². The number of allylic oxidation sites excluding steroid dienone is 1. The van der Waals surface area contributed by atoms with Gasteiger partial charge in [0, 0.05) is 12.5 Å². The lowest BCUT2D eigenvalue weighted by Crippen LogP contribution is -2.10. The molecular formula is C22H22O4. The number of hydrogen-bond acceptors (Lipinski definition) is 4. The number of hydrogen-bond donors (Lipinski definition) is 0. The summed E-state index contributed by atoms with van der Waals surface area (Å²) in [6.07, 6.45) is 1.74. The van der Waals surface area contributed by atoms with Crippen LogP contribution in [0.3, 0.4) is 0 Å². The summed E-state index contributed by atoms with van der Waals surface area (Å²) in [4.78, 5) is 23.8. The zero-order valence-electron chi connectivity index (χ0n) is 15.7. The molecule has 0 spiro atoms. The predicted molar refractivity (Wildman–Crippen MR) is 101 cm³/mol. The summed E-state index contributed by atoms with van der Waals surface area (Å²) >= 11 is 0. The number of carbonyl (C=O) groups excluding carboxylic acids is 2. The average molecular weight is 350 g/mol. The molecule has 0 bridgehead atoms. The van der Waals surface area contributed by atoms with E-state index in [0.29, 0.717) is 22.6 Å². The molecule has 0 aliphatic carbocycles. The van der Waals surface area contributed by atoms with Gasteiger partial charge < -0.3 is 9.47 Å². The number of Topliss-reactive ketones (excluding diaryl/α,β-unsaturated/α-hetero) is 1. The van der Waals surface area contributed by atoms with E-state index in [-0.39, 0.29) is 17.0 Å². The predicted octanol–water partition coefficient (Wildman–Crippen LogP) is 4.83. The van der Waals surface area contributed by atoms with Gasteiger partial charge in [-0.15, -0.1) is 0 Å². The van der Waals surface area contributed by atoms with Crippen molar-refractivity contribution < 1.29 is 19.1 Å². The lowest BCUT2D eigenvalue weighted by Gasteiger charge is -2.18.